The third-order valence-corrected chi connectivity index (χ3v) is 9.38. The van der Waals surface area contributed by atoms with Gasteiger partial charge in [0.2, 0.25) is 0 Å². The van der Waals surface area contributed by atoms with Gasteiger partial charge in [0, 0.05) is 17.3 Å². The quantitative estimate of drug-likeness (QED) is 0.678. The molecule has 2 saturated carbocycles. The van der Waals surface area contributed by atoms with E-state index in [1.54, 1.807) is 18.4 Å². The Kier molecular flexibility index (Phi) is 5.06. The number of carbonyl (C=O) groups excluding carboxylic acids is 1. The summed E-state index contributed by atoms with van der Waals surface area (Å²) < 4.78 is 11.6. The second-order valence-electron chi connectivity index (χ2n) is 10.9. The molecule has 5 heteroatoms. The van der Waals surface area contributed by atoms with Gasteiger partial charge in [0.25, 0.3) is 0 Å². The molecule has 0 amide bonds. The molecule has 32 heavy (non-hydrogen) atoms. The van der Waals surface area contributed by atoms with Crippen LogP contribution in [0.1, 0.15) is 74.1 Å². The van der Waals surface area contributed by atoms with Crippen molar-refractivity contribution in [2.24, 2.45) is 22.7 Å². The van der Waals surface area contributed by atoms with E-state index < -0.39 is 28.5 Å². The predicted molar refractivity (Wildman–Crippen MR) is 120 cm³/mol. The third-order valence-electron chi connectivity index (χ3n) is 9.38. The average molecular weight is 439 g/mol. The number of esters is 1. The normalized spacial score (nSPS) is 40.7. The molecule has 2 fully saturated rings. The highest BCUT2D eigenvalue weighted by Gasteiger charge is 2.70. The van der Waals surface area contributed by atoms with E-state index in [2.05, 4.69) is 19.9 Å². The largest absolute Gasteiger partial charge is 0.469 e. The molecule has 0 spiro atoms. The summed E-state index contributed by atoms with van der Waals surface area (Å²) in [7, 11) is 0. The third kappa shape index (κ3) is 2.87. The Morgan fingerprint density at radius 1 is 1.19 bits per heavy atom. The molecule has 0 saturated heterocycles. The molecule has 0 aliphatic heterocycles. The fourth-order valence-corrected chi connectivity index (χ4v) is 7.58. The molecular weight excluding hydrogens is 404 g/mol. The summed E-state index contributed by atoms with van der Waals surface area (Å²) in [6, 6.07) is 11.0. The molecule has 172 valence electrons. The highest BCUT2D eigenvalue weighted by molar-refractivity contribution is 5.89. The van der Waals surface area contributed by atoms with Crippen molar-refractivity contribution in [2.45, 2.75) is 70.5 Å². The molecule has 7 atom stereocenters. The number of carbonyl (C=O) groups is 1. The van der Waals surface area contributed by atoms with Crippen LogP contribution < -0.4 is 0 Å². The predicted octanol–water partition coefficient (Wildman–Crippen LogP) is 4.72. The summed E-state index contributed by atoms with van der Waals surface area (Å²) in [4.78, 5) is 12.7. The van der Waals surface area contributed by atoms with Gasteiger partial charge in [0.05, 0.1) is 24.5 Å². The molecular formula is C27H34O5. The maximum absolute atomic E-state index is 12.7. The van der Waals surface area contributed by atoms with E-state index in [4.69, 9.17) is 9.15 Å². The van der Waals surface area contributed by atoms with Gasteiger partial charge in [-0.2, -0.15) is 0 Å². The summed E-state index contributed by atoms with van der Waals surface area (Å²) in [5, 5.41) is 23.9. The van der Waals surface area contributed by atoms with Crippen molar-refractivity contribution >= 4 is 5.97 Å². The number of benzene rings is 1. The van der Waals surface area contributed by atoms with Gasteiger partial charge in [-0.1, -0.05) is 45.4 Å². The van der Waals surface area contributed by atoms with Gasteiger partial charge < -0.3 is 19.4 Å². The highest BCUT2D eigenvalue weighted by atomic mass is 16.5. The maximum atomic E-state index is 12.7. The van der Waals surface area contributed by atoms with E-state index in [-0.39, 0.29) is 24.4 Å². The van der Waals surface area contributed by atoms with E-state index in [9.17, 15) is 15.0 Å². The molecule has 3 aliphatic carbocycles. The molecule has 5 nitrogen and oxygen atoms in total. The summed E-state index contributed by atoms with van der Waals surface area (Å²) in [5.74, 6) is 1.39. The number of fused-ring (bicyclic) bond motifs is 4. The minimum atomic E-state index is -1.35. The Hall–Kier alpha value is -2.11. The van der Waals surface area contributed by atoms with Crippen LogP contribution in [-0.2, 0) is 11.2 Å². The average Bonchev–Trinajstić information content (AvgIpc) is 3.26. The number of hydrogen-bond acceptors (Lipinski definition) is 5. The standard InChI is InChI=1S/C27H34O5/c1-17-19-10-13-31-22(19)15-21-20(17)14-23(28)27(30)25(2,11-7-12-26(21,27)3)16-32-24(29)18-8-5-4-6-9-18/h4-6,8-10,13,17,20-21,23,28,30H,7,11-12,14-16H2,1-3H3. The summed E-state index contributed by atoms with van der Waals surface area (Å²) in [5.41, 5.74) is -0.845. The molecule has 1 aromatic heterocycles. The number of ether oxygens (including phenoxy) is 1. The molecule has 0 bridgehead atoms. The summed E-state index contributed by atoms with van der Waals surface area (Å²) >= 11 is 0. The maximum Gasteiger partial charge on any atom is 0.338 e. The van der Waals surface area contributed by atoms with Crippen LogP contribution in [0.4, 0.5) is 0 Å². The van der Waals surface area contributed by atoms with Crippen LogP contribution in [0.2, 0.25) is 0 Å². The van der Waals surface area contributed by atoms with Crippen LogP contribution in [0.15, 0.2) is 47.1 Å². The van der Waals surface area contributed by atoms with Gasteiger partial charge in [0.15, 0.2) is 0 Å². The lowest BCUT2D eigenvalue weighted by Gasteiger charge is -2.67. The van der Waals surface area contributed by atoms with Crippen LogP contribution in [0, 0.1) is 22.7 Å². The second kappa shape index (κ2) is 7.46. The Morgan fingerprint density at radius 3 is 2.69 bits per heavy atom. The van der Waals surface area contributed by atoms with E-state index in [0.717, 1.165) is 25.0 Å². The van der Waals surface area contributed by atoms with Crippen LogP contribution >= 0.6 is 0 Å². The minimum Gasteiger partial charge on any atom is -0.469 e. The first-order valence-corrected chi connectivity index (χ1v) is 11.9. The van der Waals surface area contributed by atoms with E-state index in [1.807, 2.05) is 25.1 Å². The van der Waals surface area contributed by atoms with Gasteiger partial charge in [-0.05, 0) is 60.8 Å². The highest BCUT2D eigenvalue weighted by Crippen LogP contribution is 2.66. The zero-order valence-electron chi connectivity index (χ0n) is 19.2. The van der Waals surface area contributed by atoms with Crippen molar-refractivity contribution in [2.75, 3.05) is 6.61 Å². The molecule has 7 unspecified atom stereocenters. The Morgan fingerprint density at radius 2 is 1.94 bits per heavy atom. The van der Waals surface area contributed by atoms with Gasteiger partial charge in [-0.3, -0.25) is 0 Å². The van der Waals surface area contributed by atoms with Crippen molar-refractivity contribution in [3.63, 3.8) is 0 Å². The molecule has 2 N–H and O–H groups in total. The summed E-state index contributed by atoms with van der Waals surface area (Å²) in [6.45, 7) is 6.43. The topological polar surface area (TPSA) is 79.9 Å². The lowest BCUT2D eigenvalue weighted by molar-refractivity contribution is -0.296. The van der Waals surface area contributed by atoms with Crippen LogP contribution in [0.5, 0.6) is 0 Å². The Bertz CT molecular complexity index is 998. The molecule has 2 aromatic rings. The van der Waals surface area contributed by atoms with Crippen LogP contribution in [0.3, 0.4) is 0 Å². The van der Waals surface area contributed by atoms with Gasteiger partial charge in [-0.25, -0.2) is 4.79 Å². The van der Waals surface area contributed by atoms with Gasteiger partial charge in [0.1, 0.15) is 11.4 Å². The summed E-state index contributed by atoms with van der Waals surface area (Å²) in [6.07, 6.45) is 4.69. The van der Waals surface area contributed by atoms with Crippen LogP contribution in [0.25, 0.3) is 0 Å². The number of furan rings is 1. The van der Waals surface area contributed by atoms with E-state index in [0.29, 0.717) is 18.4 Å². The molecule has 1 heterocycles. The van der Waals surface area contributed by atoms with E-state index >= 15 is 0 Å². The number of hydrogen-bond donors (Lipinski definition) is 2. The molecule has 3 aliphatic rings. The number of aliphatic hydroxyl groups is 2. The molecule has 1 aromatic carbocycles. The minimum absolute atomic E-state index is 0.0861. The van der Waals surface area contributed by atoms with Gasteiger partial charge in [-0.15, -0.1) is 0 Å². The SMILES string of the molecule is CC1c2ccoc2CC2C1CC(O)C1(O)C(C)(COC(=O)c3ccccc3)CCCC21C. The van der Waals surface area contributed by atoms with Gasteiger partial charge >= 0.3 is 5.97 Å². The fourth-order valence-electron chi connectivity index (χ4n) is 7.58. The lowest BCUT2D eigenvalue weighted by atomic mass is 9.40. The lowest BCUT2D eigenvalue weighted by Crippen LogP contribution is -2.73. The van der Waals surface area contributed by atoms with Crippen molar-refractivity contribution in [1.29, 1.82) is 0 Å². The fraction of sp³-hybridized carbons (Fsp3) is 0.593. The Labute approximate surface area is 189 Å². The first kappa shape index (κ1) is 21.7. The number of rotatable bonds is 3. The monoisotopic (exact) mass is 438 g/mol. The van der Waals surface area contributed by atoms with E-state index in [1.165, 1.54) is 5.56 Å². The zero-order chi connectivity index (χ0) is 22.7. The smallest absolute Gasteiger partial charge is 0.338 e. The van der Waals surface area contributed by atoms with Crippen molar-refractivity contribution in [3.8, 4) is 0 Å². The second-order valence-corrected chi connectivity index (χ2v) is 10.9. The van der Waals surface area contributed by atoms with Crippen molar-refractivity contribution < 1.29 is 24.2 Å². The first-order valence-electron chi connectivity index (χ1n) is 11.9. The number of aliphatic hydroxyl groups excluding tert-OH is 1. The van der Waals surface area contributed by atoms with Crippen molar-refractivity contribution in [1.82, 2.24) is 0 Å². The molecule has 5 rings (SSSR count). The molecule has 0 radical (unpaired) electrons. The zero-order valence-corrected chi connectivity index (χ0v) is 19.2. The Balaban J connectivity index is 1.47. The first-order chi connectivity index (χ1) is 15.2. The van der Waals surface area contributed by atoms with Crippen LogP contribution in [-0.4, -0.2) is 34.5 Å². The van der Waals surface area contributed by atoms with Crippen molar-refractivity contribution in [3.05, 3.63) is 59.5 Å².